The van der Waals surface area contributed by atoms with Gasteiger partial charge in [0.15, 0.2) is 30.8 Å². The van der Waals surface area contributed by atoms with Crippen LogP contribution in [0, 0.1) is 0 Å². The number of rotatable bonds is 15. The maximum atomic E-state index is 12.9. The van der Waals surface area contributed by atoms with Crippen molar-refractivity contribution in [3.05, 3.63) is 33.8 Å². The minimum Gasteiger partial charge on any atom is -0.507 e. The van der Waals surface area contributed by atoms with Crippen LogP contribution in [0.3, 0.4) is 0 Å². The molecule has 0 spiro atoms. The van der Waals surface area contributed by atoms with Gasteiger partial charge in [0, 0.05) is 44.8 Å². The number of phenolic OH excluding ortho intramolecular Hbond substituents is 2. The Kier molecular flexibility index (Phi) is 11.4. The van der Waals surface area contributed by atoms with Gasteiger partial charge in [0.05, 0.1) is 24.4 Å². The van der Waals surface area contributed by atoms with Crippen LogP contribution >= 0.6 is 11.6 Å². The van der Waals surface area contributed by atoms with Crippen LogP contribution in [-0.4, -0.2) is 68.8 Å². The first kappa shape index (κ1) is 29.6. The smallest absolute Gasteiger partial charge is 0.342 e. The Balaban J connectivity index is 2.32. The number of aliphatic carboxylic acids is 1. The van der Waals surface area contributed by atoms with E-state index in [9.17, 15) is 19.8 Å². The monoisotopic (exact) mass is 543 g/mol. The van der Waals surface area contributed by atoms with Crippen molar-refractivity contribution in [1.29, 1.82) is 0 Å². The highest BCUT2D eigenvalue weighted by Crippen LogP contribution is 2.43. The Morgan fingerprint density at radius 2 is 1.62 bits per heavy atom. The molecule has 2 rings (SSSR count). The Hall–Kier alpha value is -3.61. The number of phenols is 2. The quantitative estimate of drug-likeness (QED) is 0.147. The molecule has 0 unspecified atom stereocenters. The van der Waals surface area contributed by atoms with Gasteiger partial charge in [-0.1, -0.05) is 11.6 Å². The van der Waals surface area contributed by atoms with E-state index in [0.29, 0.717) is 5.56 Å². The SMILES string of the molecule is COCOc1cc(N)c(OCOC)c(CCOC(=O)c2c(O)cc(O)c(Cl)c2CCCC(=O)O)c1OC. The molecule has 2 aromatic rings. The predicted octanol–water partition coefficient (Wildman–Crippen LogP) is 3.11. The summed E-state index contributed by atoms with van der Waals surface area (Å²) >= 11 is 6.15. The van der Waals surface area contributed by atoms with Gasteiger partial charge in [-0.25, -0.2) is 4.79 Å². The molecule has 0 radical (unpaired) electrons. The van der Waals surface area contributed by atoms with Crippen molar-refractivity contribution in [1.82, 2.24) is 0 Å². The highest BCUT2D eigenvalue weighted by Gasteiger charge is 2.25. The van der Waals surface area contributed by atoms with Crippen molar-refractivity contribution in [2.75, 3.05) is 47.3 Å². The number of esters is 1. The summed E-state index contributed by atoms with van der Waals surface area (Å²) in [5.74, 6) is -2.18. The number of methoxy groups -OCH3 is 3. The van der Waals surface area contributed by atoms with Crippen LogP contribution in [0.15, 0.2) is 12.1 Å². The number of carbonyl (C=O) groups excluding carboxylic acids is 1. The van der Waals surface area contributed by atoms with E-state index in [2.05, 4.69) is 0 Å². The molecule has 0 aliphatic carbocycles. The lowest BCUT2D eigenvalue weighted by atomic mass is 10.00. The zero-order valence-electron chi connectivity index (χ0n) is 20.7. The van der Waals surface area contributed by atoms with Gasteiger partial charge in [0.1, 0.15) is 17.1 Å². The number of anilines is 1. The van der Waals surface area contributed by atoms with Gasteiger partial charge in [-0.3, -0.25) is 4.79 Å². The second kappa shape index (κ2) is 14.2. The molecule has 37 heavy (non-hydrogen) atoms. The molecule has 0 aromatic heterocycles. The number of ether oxygens (including phenoxy) is 6. The molecule has 2 aromatic carbocycles. The molecule has 0 fully saturated rings. The van der Waals surface area contributed by atoms with E-state index in [1.54, 1.807) is 0 Å². The van der Waals surface area contributed by atoms with Crippen LogP contribution in [-0.2, 0) is 31.8 Å². The number of hydrogen-bond acceptors (Lipinski definition) is 11. The fourth-order valence-electron chi connectivity index (χ4n) is 3.55. The lowest BCUT2D eigenvalue weighted by molar-refractivity contribution is -0.137. The normalized spacial score (nSPS) is 10.7. The van der Waals surface area contributed by atoms with E-state index in [1.807, 2.05) is 0 Å². The summed E-state index contributed by atoms with van der Waals surface area (Å²) < 4.78 is 31.9. The van der Waals surface area contributed by atoms with Crippen molar-refractivity contribution in [3.8, 4) is 28.7 Å². The standard InChI is InChI=1S/C24H30ClNO11/c1-32-11-36-18-9-15(26)22(37-12-33-2)14(23(18)34-3)7-8-35-24(31)20-13(5-4-6-19(29)30)21(25)17(28)10-16(20)27/h9-10,27-28H,4-8,11-12,26H2,1-3H3,(H,29,30). The van der Waals surface area contributed by atoms with Gasteiger partial charge in [0.25, 0.3) is 0 Å². The third kappa shape index (κ3) is 7.68. The first-order valence-electron chi connectivity index (χ1n) is 11.0. The molecule has 13 heteroatoms. The Morgan fingerprint density at radius 1 is 0.946 bits per heavy atom. The number of carboxylic acid groups (broad SMARTS) is 1. The molecule has 0 aliphatic rings. The minimum absolute atomic E-state index is 0.00970. The number of halogens is 1. The van der Waals surface area contributed by atoms with Crippen LogP contribution in [0.2, 0.25) is 5.02 Å². The molecule has 12 nitrogen and oxygen atoms in total. The lowest BCUT2D eigenvalue weighted by Gasteiger charge is -2.20. The fourth-order valence-corrected chi connectivity index (χ4v) is 3.79. The highest BCUT2D eigenvalue weighted by molar-refractivity contribution is 6.33. The summed E-state index contributed by atoms with van der Waals surface area (Å²) in [6.07, 6.45) is -0.0175. The van der Waals surface area contributed by atoms with Crippen molar-refractivity contribution < 1.29 is 53.3 Å². The van der Waals surface area contributed by atoms with E-state index in [4.69, 9.17) is 50.9 Å². The summed E-state index contributed by atoms with van der Waals surface area (Å²) in [7, 11) is 4.31. The van der Waals surface area contributed by atoms with Crippen LogP contribution in [0.4, 0.5) is 5.69 Å². The topological polar surface area (TPSA) is 176 Å². The van der Waals surface area contributed by atoms with E-state index < -0.39 is 23.4 Å². The molecule has 204 valence electrons. The minimum atomic E-state index is -1.04. The molecule has 0 saturated heterocycles. The van der Waals surface area contributed by atoms with E-state index >= 15 is 0 Å². The molecular weight excluding hydrogens is 514 g/mol. The van der Waals surface area contributed by atoms with E-state index in [-0.39, 0.29) is 85.0 Å². The number of nitrogen functional groups attached to an aromatic ring is 1. The fraction of sp³-hybridized carbons (Fsp3) is 0.417. The number of benzene rings is 2. The summed E-state index contributed by atoms with van der Waals surface area (Å²) in [6, 6.07) is 2.41. The summed E-state index contributed by atoms with van der Waals surface area (Å²) in [4.78, 5) is 23.8. The van der Waals surface area contributed by atoms with Gasteiger partial charge in [-0.15, -0.1) is 0 Å². The highest BCUT2D eigenvalue weighted by atomic mass is 35.5. The van der Waals surface area contributed by atoms with Crippen molar-refractivity contribution in [2.24, 2.45) is 0 Å². The second-order valence-electron chi connectivity index (χ2n) is 7.62. The largest absolute Gasteiger partial charge is 0.507 e. The molecule has 0 saturated carbocycles. The molecule has 0 bridgehead atoms. The van der Waals surface area contributed by atoms with Gasteiger partial charge in [-0.05, 0) is 18.4 Å². The third-order valence-electron chi connectivity index (χ3n) is 5.11. The third-order valence-corrected chi connectivity index (χ3v) is 5.53. The molecule has 5 N–H and O–H groups in total. The van der Waals surface area contributed by atoms with Gasteiger partial charge in [0.2, 0.25) is 0 Å². The summed E-state index contributed by atoms with van der Waals surface area (Å²) in [5.41, 5.74) is 6.59. The summed E-state index contributed by atoms with van der Waals surface area (Å²) in [5, 5.41) is 29.0. The van der Waals surface area contributed by atoms with Crippen LogP contribution in [0.5, 0.6) is 28.7 Å². The number of carbonyl (C=O) groups is 2. The average Bonchev–Trinajstić information content (AvgIpc) is 2.84. The first-order valence-corrected chi connectivity index (χ1v) is 11.4. The number of nitrogens with two attached hydrogens (primary N) is 1. The Morgan fingerprint density at radius 3 is 2.24 bits per heavy atom. The van der Waals surface area contributed by atoms with Crippen molar-refractivity contribution >= 4 is 29.2 Å². The lowest BCUT2D eigenvalue weighted by Crippen LogP contribution is -2.14. The zero-order chi connectivity index (χ0) is 27.5. The number of aromatic hydroxyl groups is 2. The van der Waals surface area contributed by atoms with E-state index in [1.165, 1.54) is 27.4 Å². The van der Waals surface area contributed by atoms with Crippen LogP contribution < -0.4 is 19.9 Å². The van der Waals surface area contributed by atoms with Gasteiger partial charge < -0.3 is 49.5 Å². The predicted molar refractivity (Wildman–Crippen MR) is 132 cm³/mol. The Bertz CT molecular complexity index is 1110. The van der Waals surface area contributed by atoms with Crippen LogP contribution in [0.1, 0.15) is 34.3 Å². The molecule has 0 amide bonds. The zero-order valence-corrected chi connectivity index (χ0v) is 21.4. The molecule has 0 atom stereocenters. The second-order valence-corrected chi connectivity index (χ2v) is 8.00. The number of carboxylic acids is 1. The number of hydrogen-bond donors (Lipinski definition) is 4. The average molecular weight is 544 g/mol. The molecular formula is C24H30ClNO11. The van der Waals surface area contributed by atoms with Gasteiger partial charge in [-0.2, -0.15) is 0 Å². The van der Waals surface area contributed by atoms with E-state index in [0.717, 1.165) is 6.07 Å². The maximum absolute atomic E-state index is 12.9. The first-order chi connectivity index (χ1) is 17.7. The molecule has 0 heterocycles. The molecule has 0 aliphatic heterocycles. The maximum Gasteiger partial charge on any atom is 0.342 e. The van der Waals surface area contributed by atoms with Gasteiger partial charge >= 0.3 is 11.9 Å². The Labute approximate surface area is 218 Å². The van der Waals surface area contributed by atoms with Crippen LogP contribution in [0.25, 0.3) is 0 Å². The summed E-state index contributed by atoms with van der Waals surface area (Å²) in [6.45, 7) is -0.399. The van der Waals surface area contributed by atoms with Crippen molar-refractivity contribution in [2.45, 2.75) is 25.7 Å². The van der Waals surface area contributed by atoms with Crippen molar-refractivity contribution in [3.63, 3.8) is 0 Å².